The fourth-order valence-electron chi connectivity index (χ4n) is 2.22. The molecule has 26 heavy (non-hydrogen) atoms. The van der Waals surface area contributed by atoms with Gasteiger partial charge < -0.3 is 9.15 Å². The molecular formula is C20H18N4O2. The number of rotatable bonds is 7. The number of hydrogen-bond acceptors (Lipinski definition) is 6. The van der Waals surface area contributed by atoms with Gasteiger partial charge >= 0.3 is 0 Å². The van der Waals surface area contributed by atoms with Gasteiger partial charge in [-0.25, -0.2) is 10.4 Å². The van der Waals surface area contributed by atoms with Gasteiger partial charge in [0.25, 0.3) is 5.88 Å². The largest absolute Gasteiger partial charge is 0.489 e. The number of benzene rings is 2. The summed E-state index contributed by atoms with van der Waals surface area (Å²) in [5, 5.41) is 13.1. The first-order valence-corrected chi connectivity index (χ1v) is 8.24. The molecule has 0 aliphatic heterocycles. The van der Waals surface area contributed by atoms with Crippen LogP contribution in [0.25, 0.3) is 0 Å². The van der Waals surface area contributed by atoms with Crippen LogP contribution in [0.5, 0.6) is 5.75 Å². The molecule has 0 bridgehead atoms. The van der Waals surface area contributed by atoms with Crippen LogP contribution in [-0.2, 0) is 13.0 Å². The van der Waals surface area contributed by atoms with Crippen LogP contribution < -0.4 is 10.2 Å². The van der Waals surface area contributed by atoms with Gasteiger partial charge in [-0.05, 0) is 35.4 Å². The Kier molecular flexibility index (Phi) is 5.63. The molecule has 1 aromatic heterocycles. The fourth-order valence-corrected chi connectivity index (χ4v) is 2.22. The molecule has 6 heteroatoms. The molecule has 6 nitrogen and oxygen atoms in total. The molecule has 2 aromatic carbocycles. The van der Waals surface area contributed by atoms with Crippen LogP contribution in [0, 0.1) is 11.3 Å². The van der Waals surface area contributed by atoms with E-state index in [0.717, 1.165) is 16.9 Å². The molecule has 0 radical (unpaired) electrons. The zero-order valence-electron chi connectivity index (χ0n) is 14.3. The number of hydrazone groups is 1. The fraction of sp³-hybridized carbons (Fsp3) is 0.150. The number of nitriles is 1. The van der Waals surface area contributed by atoms with Crippen molar-refractivity contribution in [3.63, 3.8) is 0 Å². The van der Waals surface area contributed by atoms with Crippen LogP contribution in [0.2, 0.25) is 0 Å². The Hall–Kier alpha value is -3.59. The van der Waals surface area contributed by atoms with Crippen molar-refractivity contribution < 1.29 is 9.15 Å². The van der Waals surface area contributed by atoms with Crippen LogP contribution in [0.1, 0.15) is 29.6 Å². The van der Waals surface area contributed by atoms with Gasteiger partial charge in [0.1, 0.15) is 18.4 Å². The first-order chi connectivity index (χ1) is 12.8. The highest BCUT2D eigenvalue weighted by Crippen LogP contribution is 2.17. The Labute approximate surface area is 151 Å². The number of anilines is 1. The Bertz CT molecular complexity index is 909. The highest BCUT2D eigenvalue weighted by atomic mass is 16.5. The number of nitrogens with zero attached hydrogens (tertiary/aromatic N) is 3. The standard InChI is InChI=1S/C20H18N4O2/c1-2-19-23-18(12-21)20(26-19)24-22-13-15-8-10-17(11-9-15)25-14-16-6-4-3-5-7-16/h3-11,13,24H,2,14H2,1H3. The molecule has 1 heterocycles. The van der Waals surface area contributed by atoms with Gasteiger partial charge in [-0.2, -0.15) is 10.4 Å². The van der Waals surface area contributed by atoms with E-state index in [0.29, 0.717) is 18.9 Å². The van der Waals surface area contributed by atoms with E-state index in [2.05, 4.69) is 15.5 Å². The second-order valence-electron chi connectivity index (χ2n) is 5.46. The quantitative estimate of drug-likeness (QED) is 0.513. The zero-order chi connectivity index (χ0) is 18.2. The summed E-state index contributed by atoms with van der Waals surface area (Å²) in [6, 6.07) is 19.5. The number of hydrogen-bond donors (Lipinski definition) is 1. The molecule has 0 aliphatic rings. The average Bonchev–Trinajstić information content (AvgIpc) is 3.10. The van der Waals surface area contributed by atoms with Crippen molar-refractivity contribution in [1.82, 2.24) is 4.98 Å². The number of aryl methyl sites for hydroxylation is 1. The summed E-state index contributed by atoms with van der Waals surface area (Å²) in [5.41, 5.74) is 4.92. The van der Waals surface area contributed by atoms with Gasteiger partial charge in [0, 0.05) is 6.42 Å². The molecule has 3 rings (SSSR count). The van der Waals surface area contributed by atoms with Crippen molar-refractivity contribution in [2.75, 3.05) is 5.43 Å². The topological polar surface area (TPSA) is 83.4 Å². The van der Waals surface area contributed by atoms with Crippen molar-refractivity contribution in [1.29, 1.82) is 5.26 Å². The minimum atomic E-state index is 0.198. The highest BCUT2D eigenvalue weighted by Gasteiger charge is 2.10. The van der Waals surface area contributed by atoms with Gasteiger partial charge in [-0.15, -0.1) is 0 Å². The summed E-state index contributed by atoms with van der Waals surface area (Å²) in [6.07, 6.45) is 2.25. The molecule has 0 aliphatic carbocycles. The maximum Gasteiger partial charge on any atom is 0.252 e. The van der Waals surface area contributed by atoms with E-state index in [1.165, 1.54) is 0 Å². The van der Waals surface area contributed by atoms with Crippen LogP contribution in [0.4, 0.5) is 5.88 Å². The molecule has 0 amide bonds. The first kappa shape index (κ1) is 17.2. The van der Waals surface area contributed by atoms with Crippen LogP contribution in [0.15, 0.2) is 64.1 Å². The van der Waals surface area contributed by atoms with Gasteiger partial charge in [-0.3, -0.25) is 0 Å². The Morgan fingerprint density at radius 1 is 1.19 bits per heavy atom. The number of ether oxygens (including phenoxy) is 1. The summed E-state index contributed by atoms with van der Waals surface area (Å²) in [5.74, 6) is 1.54. The molecule has 130 valence electrons. The number of nitrogens with one attached hydrogen (secondary N) is 1. The average molecular weight is 346 g/mol. The Morgan fingerprint density at radius 2 is 1.96 bits per heavy atom. The van der Waals surface area contributed by atoms with Crippen molar-refractivity contribution in [3.8, 4) is 11.8 Å². The molecule has 1 N–H and O–H groups in total. The maximum atomic E-state index is 9.03. The van der Waals surface area contributed by atoms with Crippen LogP contribution >= 0.6 is 0 Å². The smallest absolute Gasteiger partial charge is 0.252 e. The van der Waals surface area contributed by atoms with Crippen molar-refractivity contribution in [2.45, 2.75) is 20.0 Å². The normalized spacial score (nSPS) is 10.6. The van der Waals surface area contributed by atoms with Gasteiger partial charge in [-0.1, -0.05) is 37.3 Å². The van der Waals surface area contributed by atoms with Gasteiger partial charge in [0.05, 0.1) is 6.21 Å². The van der Waals surface area contributed by atoms with E-state index in [4.69, 9.17) is 14.4 Å². The van der Waals surface area contributed by atoms with E-state index in [1.807, 2.05) is 67.6 Å². The number of oxazole rings is 1. The zero-order valence-corrected chi connectivity index (χ0v) is 14.3. The summed E-state index contributed by atoms with van der Waals surface area (Å²) >= 11 is 0. The molecule has 0 saturated heterocycles. The van der Waals surface area contributed by atoms with E-state index in [-0.39, 0.29) is 11.6 Å². The second-order valence-corrected chi connectivity index (χ2v) is 5.46. The summed E-state index contributed by atoms with van der Waals surface area (Å²) in [4.78, 5) is 4.05. The van der Waals surface area contributed by atoms with Gasteiger partial charge in [0.15, 0.2) is 5.89 Å². The predicted molar refractivity (Wildman–Crippen MR) is 99.0 cm³/mol. The molecule has 0 atom stereocenters. The van der Waals surface area contributed by atoms with Crippen molar-refractivity contribution >= 4 is 12.1 Å². The van der Waals surface area contributed by atoms with Crippen molar-refractivity contribution in [3.05, 3.63) is 77.3 Å². The SMILES string of the molecule is CCc1nc(C#N)c(NN=Cc2ccc(OCc3ccccc3)cc2)o1. The third-order valence-electron chi connectivity index (χ3n) is 3.59. The molecular weight excluding hydrogens is 328 g/mol. The lowest BCUT2D eigenvalue weighted by molar-refractivity contribution is 0.306. The molecule has 3 aromatic rings. The molecule has 0 spiro atoms. The van der Waals surface area contributed by atoms with Crippen LogP contribution in [-0.4, -0.2) is 11.2 Å². The Morgan fingerprint density at radius 3 is 2.65 bits per heavy atom. The summed E-state index contributed by atoms with van der Waals surface area (Å²) < 4.78 is 11.2. The minimum Gasteiger partial charge on any atom is -0.489 e. The molecule has 0 fully saturated rings. The minimum absolute atomic E-state index is 0.198. The number of aromatic nitrogens is 1. The Balaban J connectivity index is 1.56. The predicted octanol–water partition coefficient (Wildman–Crippen LogP) is 4.13. The third kappa shape index (κ3) is 4.48. The van der Waals surface area contributed by atoms with E-state index >= 15 is 0 Å². The molecule has 0 saturated carbocycles. The van der Waals surface area contributed by atoms with E-state index in [9.17, 15) is 0 Å². The monoisotopic (exact) mass is 346 g/mol. The van der Waals surface area contributed by atoms with Crippen molar-refractivity contribution in [2.24, 2.45) is 5.10 Å². The van der Waals surface area contributed by atoms with Crippen LogP contribution in [0.3, 0.4) is 0 Å². The highest BCUT2D eigenvalue weighted by molar-refractivity contribution is 5.80. The first-order valence-electron chi connectivity index (χ1n) is 8.24. The van der Waals surface area contributed by atoms with E-state index < -0.39 is 0 Å². The lowest BCUT2D eigenvalue weighted by atomic mass is 10.2. The van der Waals surface area contributed by atoms with Gasteiger partial charge in [0.2, 0.25) is 5.69 Å². The second kappa shape index (κ2) is 8.49. The molecule has 0 unspecified atom stereocenters. The third-order valence-corrected chi connectivity index (χ3v) is 3.59. The summed E-state index contributed by atoms with van der Waals surface area (Å²) in [7, 11) is 0. The van der Waals surface area contributed by atoms with E-state index in [1.54, 1.807) is 6.21 Å². The summed E-state index contributed by atoms with van der Waals surface area (Å²) in [6.45, 7) is 2.43. The maximum absolute atomic E-state index is 9.03. The lowest BCUT2D eigenvalue weighted by Crippen LogP contribution is -1.95. The lowest BCUT2D eigenvalue weighted by Gasteiger charge is -2.06.